The first-order valence-corrected chi connectivity index (χ1v) is 10.2. The minimum atomic E-state index is -0.671. The normalized spacial score (nSPS) is 14.7. The first-order chi connectivity index (χ1) is 14.5. The van der Waals surface area contributed by atoms with E-state index in [9.17, 15) is 29.7 Å². The Morgan fingerprint density at radius 3 is 2.19 bits per heavy atom. The largest absolute Gasteiger partial charge is 0.504 e. The summed E-state index contributed by atoms with van der Waals surface area (Å²) in [7, 11) is 0. The van der Waals surface area contributed by atoms with Crippen LogP contribution in [-0.2, 0) is 9.53 Å². The summed E-state index contributed by atoms with van der Waals surface area (Å²) < 4.78 is 5.13. The van der Waals surface area contributed by atoms with E-state index in [4.69, 9.17) is 4.74 Å². The van der Waals surface area contributed by atoms with Crippen molar-refractivity contribution in [1.29, 1.82) is 0 Å². The van der Waals surface area contributed by atoms with E-state index in [1.54, 1.807) is 25.7 Å². The van der Waals surface area contributed by atoms with Crippen LogP contribution in [0.3, 0.4) is 0 Å². The van der Waals surface area contributed by atoms with E-state index in [1.807, 2.05) is 0 Å². The molecular weight excluding hydrogens is 406 g/mol. The smallest absolute Gasteiger partial charge is 0.407 e. The minimum Gasteiger partial charge on any atom is -0.504 e. The number of hydrogen-bond donors (Lipinski definition) is 5. The summed E-state index contributed by atoms with van der Waals surface area (Å²) in [5, 5.41) is 33.7. The molecule has 3 amide bonds. The lowest BCUT2D eigenvalue weighted by Crippen LogP contribution is -2.42. The van der Waals surface area contributed by atoms with Gasteiger partial charge in [-0.05, 0) is 51.7 Å². The molecule has 0 aliphatic carbocycles. The molecule has 0 bridgehead atoms. The second-order valence-electron chi connectivity index (χ2n) is 8.58. The highest BCUT2D eigenvalue weighted by molar-refractivity contribution is 5.95. The highest BCUT2D eigenvalue weighted by Gasteiger charge is 2.24. The number of ether oxygens (including phenoxy) is 1. The molecule has 172 valence electrons. The molecule has 10 heteroatoms. The van der Waals surface area contributed by atoms with Crippen LogP contribution in [0.25, 0.3) is 0 Å². The molecule has 1 aliphatic rings. The van der Waals surface area contributed by atoms with Crippen LogP contribution in [0.4, 0.5) is 4.79 Å². The van der Waals surface area contributed by atoms with Gasteiger partial charge >= 0.3 is 6.09 Å². The van der Waals surface area contributed by atoms with E-state index in [-0.39, 0.29) is 30.4 Å². The van der Waals surface area contributed by atoms with E-state index in [0.29, 0.717) is 19.6 Å². The highest BCUT2D eigenvalue weighted by atomic mass is 16.6. The molecule has 10 nitrogen and oxygen atoms in total. The number of likely N-dealkylation sites (tertiary alicyclic amines) is 1. The number of alkyl carbamates (subject to hydrolysis) is 1. The summed E-state index contributed by atoms with van der Waals surface area (Å²) in [5.74, 6) is -2.15. The molecule has 1 fully saturated rings. The summed E-state index contributed by atoms with van der Waals surface area (Å²) in [6.07, 6.45) is 1.08. The maximum atomic E-state index is 12.3. The molecule has 1 aromatic rings. The van der Waals surface area contributed by atoms with Crippen molar-refractivity contribution in [3.05, 3.63) is 17.7 Å². The summed E-state index contributed by atoms with van der Waals surface area (Å²) in [6, 6.07) is 2.16. The van der Waals surface area contributed by atoms with Gasteiger partial charge in [0.2, 0.25) is 5.91 Å². The van der Waals surface area contributed by atoms with Gasteiger partial charge in [0.25, 0.3) is 5.91 Å². The van der Waals surface area contributed by atoms with Gasteiger partial charge in [-0.2, -0.15) is 0 Å². The van der Waals surface area contributed by atoms with Crippen LogP contribution in [0.2, 0.25) is 0 Å². The van der Waals surface area contributed by atoms with E-state index >= 15 is 0 Å². The Morgan fingerprint density at radius 2 is 1.65 bits per heavy atom. The van der Waals surface area contributed by atoms with Crippen molar-refractivity contribution in [3.63, 3.8) is 0 Å². The zero-order chi connectivity index (χ0) is 23.2. The van der Waals surface area contributed by atoms with Crippen LogP contribution < -0.4 is 10.6 Å². The molecule has 5 N–H and O–H groups in total. The molecule has 1 saturated heterocycles. The average molecular weight is 437 g/mol. The Hall–Kier alpha value is -3.17. The van der Waals surface area contributed by atoms with E-state index in [2.05, 4.69) is 10.6 Å². The van der Waals surface area contributed by atoms with E-state index in [1.165, 1.54) is 0 Å². The van der Waals surface area contributed by atoms with Gasteiger partial charge < -0.3 is 35.6 Å². The molecule has 31 heavy (non-hydrogen) atoms. The number of amides is 3. The number of carbonyl (C=O) groups is 3. The Balaban J connectivity index is 1.69. The zero-order valence-corrected chi connectivity index (χ0v) is 18.1. The minimum absolute atomic E-state index is 0.0397. The number of aromatic hydroxyl groups is 3. The number of benzene rings is 1. The fourth-order valence-corrected chi connectivity index (χ4v) is 3.20. The first kappa shape index (κ1) is 24.1. The first-order valence-electron chi connectivity index (χ1n) is 10.2. The maximum absolute atomic E-state index is 12.3. The monoisotopic (exact) mass is 437 g/mol. The number of hydrogen-bond acceptors (Lipinski definition) is 7. The van der Waals surface area contributed by atoms with Gasteiger partial charge in [0.1, 0.15) is 5.60 Å². The second kappa shape index (κ2) is 10.2. The molecule has 0 radical (unpaired) electrons. The van der Waals surface area contributed by atoms with Gasteiger partial charge in [0.15, 0.2) is 17.2 Å². The summed E-state index contributed by atoms with van der Waals surface area (Å²) in [6.45, 7) is 7.02. The van der Waals surface area contributed by atoms with Gasteiger partial charge in [-0.3, -0.25) is 9.59 Å². The summed E-state index contributed by atoms with van der Waals surface area (Å²) in [4.78, 5) is 37.9. The van der Waals surface area contributed by atoms with Gasteiger partial charge in [-0.1, -0.05) is 0 Å². The predicted molar refractivity (Wildman–Crippen MR) is 112 cm³/mol. The van der Waals surface area contributed by atoms with Crippen molar-refractivity contribution < 1.29 is 34.4 Å². The van der Waals surface area contributed by atoms with E-state index < -0.39 is 34.9 Å². The maximum Gasteiger partial charge on any atom is 0.407 e. The van der Waals surface area contributed by atoms with Gasteiger partial charge in [0.05, 0.1) is 0 Å². The van der Waals surface area contributed by atoms with Gasteiger partial charge in [0, 0.05) is 38.2 Å². The predicted octanol–water partition coefficient (Wildman–Crippen LogP) is 1.69. The zero-order valence-electron chi connectivity index (χ0n) is 18.1. The molecule has 1 aliphatic heterocycles. The lowest BCUT2D eigenvalue weighted by molar-refractivity contribution is -0.132. The highest BCUT2D eigenvalue weighted by Crippen LogP contribution is 2.35. The van der Waals surface area contributed by atoms with Crippen LogP contribution in [0.1, 0.15) is 50.4 Å². The van der Waals surface area contributed by atoms with Crippen LogP contribution in [0.15, 0.2) is 12.1 Å². The van der Waals surface area contributed by atoms with Crippen molar-refractivity contribution in [3.8, 4) is 17.2 Å². The number of nitrogens with one attached hydrogen (secondary N) is 2. The van der Waals surface area contributed by atoms with Crippen molar-refractivity contribution >= 4 is 17.9 Å². The summed E-state index contributed by atoms with van der Waals surface area (Å²) in [5.41, 5.74) is -0.549. The molecule has 1 heterocycles. The van der Waals surface area contributed by atoms with Crippen LogP contribution in [-0.4, -0.2) is 69.9 Å². The number of phenolic OH excluding ortho intramolecular Hbond substituents is 3. The Bertz CT molecular complexity index is 789. The Kier molecular flexibility index (Phi) is 7.95. The number of carbonyl (C=O) groups excluding carboxylic acids is 3. The molecular formula is C21H31N3O7. The molecule has 0 spiro atoms. The van der Waals surface area contributed by atoms with Gasteiger partial charge in [-0.25, -0.2) is 4.79 Å². The lowest BCUT2D eigenvalue weighted by Gasteiger charge is -2.32. The van der Waals surface area contributed by atoms with Crippen molar-refractivity contribution in [2.24, 2.45) is 5.92 Å². The molecule has 1 aromatic carbocycles. The van der Waals surface area contributed by atoms with E-state index in [0.717, 1.165) is 25.0 Å². The number of nitrogens with zero attached hydrogens (tertiary/aromatic N) is 1. The van der Waals surface area contributed by atoms with Crippen molar-refractivity contribution in [2.45, 2.75) is 45.6 Å². The Labute approximate surface area is 181 Å². The SMILES string of the molecule is CC(C)(C)OC(=O)NCCC(=O)N1CCC(CNC(=O)c2cc(O)c(O)c(O)c2)CC1. The summed E-state index contributed by atoms with van der Waals surface area (Å²) >= 11 is 0. The van der Waals surface area contributed by atoms with Gasteiger partial charge in [-0.15, -0.1) is 0 Å². The lowest BCUT2D eigenvalue weighted by atomic mass is 9.96. The van der Waals surface area contributed by atoms with Crippen LogP contribution >= 0.6 is 0 Å². The topological polar surface area (TPSA) is 148 Å². The fraction of sp³-hybridized carbons (Fsp3) is 0.571. The number of piperidine rings is 1. The molecule has 0 atom stereocenters. The number of rotatable bonds is 6. The number of phenols is 3. The molecule has 0 unspecified atom stereocenters. The van der Waals surface area contributed by atoms with Crippen LogP contribution in [0, 0.1) is 5.92 Å². The molecule has 2 rings (SSSR count). The molecule has 0 saturated carbocycles. The quantitative estimate of drug-likeness (QED) is 0.425. The average Bonchev–Trinajstić information content (AvgIpc) is 2.68. The third-order valence-corrected chi connectivity index (χ3v) is 4.86. The van der Waals surface area contributed by atoms with Crippen molar-refractivity contribution in [2.75, 3.05) is 26.2 Å². The van der Waals surface area contributed by atoms with Crippen molar-refractivity contribution in [1.82, 2.24) is 15.5 Å². The Morgan fingerprint density at radius 1 is 1.06 bits per heavy atom. The standard InChI is InChI=1S/C21H31N3O7/c1-21(2,3)31-20(30)22-7-4-17(27)24-8-5-13(6-9-24)12-23-19(29)14-10-15(25)18(28)16(26)11-14/h10-11,13,25-26,28H,4-9,12H2,1-3H3,(H,22,30)(H,23,29). The molecule has 0 aromatic heterocycles. The third kappa shape index (κ3) is 7.54. The fourth-order valence-electron chi connectivity index (χ4n) is 3.20. The third-order valence-electron chi connectivity index (χ3n) is 4.86. The van der Waals surface area contributed by atoms with Crippen LogP contribution in [0.5, 0.6) is 17.2 Å². The second-order valence-corrected chi connectivity index (χ2v) is 8.58.